The van der Waals surface area contributed by atoms with Gasteiger partial charge in [-0.15, -0.1) is 0 Å². The Labute approximate surface area is 279 Å². The smallest absolute Gasteiger partial charge is 0.247 e. The number of amides is 2. The van der Waals surface area contributed by atoms with Crippen LogP contribution in [0.1, 0.15) is 63.0 Å². The maximum absolute atomic E-state index is 13.9. The lowest BCUT2D eigenvalue weighted by molar-refractivity contribution is -0.138. The Balaban J connectivity index is 1.96. The molecule has 0 saturated heterocycles. The Bertz CT molecular complexity index is 1290. The number of rotatable bonds is 18. The molecular weight excluding hydrogens is 691 g/mol. The van der Waals surface area contributed by atoms with Gasteiger partial charge in [-0.05, 0) is 76.9 Å². The summed E-state index contributed by atoms with van der Waals surface area (Å²) in [4.78, 5) is 28.7. The quantitative estimate of drug-likeness (QED) is 0.132. The number of hydrogen-bond donors (Lipinski definition) is 4. The third-order valence-corrected chi connectivity index (χ3v) is 8.73. The van der Waals surface area contributed by atoms with Gasteiger partial charge in [-0.3, -0.25) is 9.59 Å². The fourth-order valence-electron chi connectivity index (χ4n) is 5.47. The molecule has 11 heteroatoms. The fraction of sp³-hybridized carbons (Fsp3) is 0.529. The number of carbonyl (C=O) groups is 2. The van der Waals surface area contributed by atoms with Crippen LogP contribution in [0.3, 0.4) is 0 Å². The number of halogens is 1. The van der Waals surface area contributed by atoms with Gasteiger partial charge < -0.3 is 39.7 Å². The van der Waals surface area contributed by atoms with Gasteiger partial charge in [-0.1, -0.05) is 44.7 Å². The first-order valence-electron chi connectivity index (χ1n) is 15.6. The van der Waals surface area contributed by atoms with Crippen molar-refractivity contribution in [1.82, 2.24) is 10.2 Å². The van der Waals surface area contributed by atoms with E-state index in [9.17, 15) is 24.9 Å². The molecule has 0 unspecified atom stereocenters. The molecule has 0 aromatic heterocycles. The summed E-state index contributed by atoms with van der Waals surface area (Å²) in [6.45, 7) is 2.14. The second-order valence-corrected chi connectivity index (χ2v) is 12.3. The maximum Gasteiger partial charge on any atom is 0.247 e. The van der Waals surface area contributed by atoms with Crippen LogP contribution >= 0.6 is 22.6 Å². The molecule has 0 fully saturated rings. The van der Waals surface area contributed by atoms with E-state index in [2.05, 4.69) is 34.8 Å². The minimum absolute atomic E-state index is 0.0690. The third-order valence-electron chi connectivity index (χ3n) is 7.93. The van der Waals surface area contributed by atoms with E-state index in [0.29, 0.717) is 51.3 Å². The summed E-state index contributed by atoms with van der Waals surface area (Å²) in [7, 11) is 3.10. The Kier molecular flexibility index (Phi) is 15.4. The minimum atomic E-state index is -1.16. The van der Waals surface area contributed by atoms with Gasteiger partial charge in [0.05, 0.1) is 37.0 Å². The molecule has 3 rings (SSSR count). The highest BCUT2D eigenvalue weighted by Gasteiger charge is 2.40. The normalized spacial score (nSPS) is 17.8. The van der Waals surface area contributed by atoms with Crippen LogP contribution in [0.15, 0.2) is 48.0 Å². The van der Waals surface area contributed by atoms with Crippen LogP contribution in [0.5, 0.6) is 17.2 Å². The molecule has 2 amide bonds. The van der Waals surface area contributed by atoms with E-state index in [1.165, 1.54) is 7.11 Å². The largest absolute Gasteiger partial charge is 0.497 e. The second kappa shape index (κ2) is 18.9. The van der Waals surface area contributed by atoms with Crippen molar-refractivity contribution in [3.63, 3.8) is 0 Å². The molecule has 0 spiro atoms. The molecule has 0 bridgehead atoms. The molecule has 2 aromatic carbocycles. The number of methoxy groups -OCH3 is 2. The van der Waals surface area contributed by atoms with Crippen molar-refractivity contribution in [2.24, 2.45) is 0 Å². The lowest BCUT2D eigenvalue weighted by atomic mass is 9.87. The van der Waals surface area contributed by atoms with Gasteiger partial charge in [-0.2, -0.15) is 0 Å². The van der Waals surface area contributed by atoms with Crippen LogP contribution in [0, 0.1) is 3.57 Å². The molecule has 4 N–H and O–H groups in total. The molecule has 248 valence electrons. The first-order valence-corrected chi connectivity index (χ1v) is 16.7. The summed E-state index contributed by atoms with van der Waals surface area (Å²) in [6, 6.07) is 10.3. The van der Waals surface area contributed by atoms with Crippen molar-refractivity contribution in [2.45, 2.75) is 83.1 Å². The molecule has 0 radical (unpaired) electrons. The van der Waals surface area contributed by atoms with Gasteiger partial charge in [0.25, 0.3) is 0 Å². The van der Waals surface area contributed by atoms with Crippen LogP contribution in [-0.2, 0) is 22.6 Å². The average Bonchev–Trinajstić information content (AvgIpc) is 3.05. The SMILES string of the molecule is CCCCCCCC(=O)N(CCc1cccc(OC)c1)[C@@H]1CC(C(=O)NCCO)=C[C@H](Oc2c(I)cc(CO)cc2OC)[C@H]1O. The number of nitrogens with zero attached hydrogens (tertiary/aromatic N) is 1. The summed E-state index contributed by atoms with van der Waals surface area (Å²) in [5.74, 6) is 0.962. The third kappa shape index (κ3) is 10.6. The topological polar surface area (TPSA) is 138 Å². The molecule has 0 heterocycles. The Morgan fingerprint density at radius 1 is 1.04 bits per heavy atom. The molecule has 1 aliphatic rings. The van der Waals surface area contributed by atoms with Crippen LogP contribution < -0.4 is 19.5 Å². The number of unbranched alkanes of at least 4 members (excludes halogenated alkanes) is 4. The Hall–Kier alpha value is -2.87. The molecule has 0 aliphatic heterocycles. The predicted octanol–water partition coefficient (Wildman–Crippen LogP) is 4.15. The predicted molar refractivity (Wildman–Crippen MR) is 180 cm³/mol. The number of benzene rings is 2. The number of nitrogens with one attached hydrogen (secondary N) is 1. The lowest BCUT2D eigenvalue weighted by Gasteiger charge is -2.41. The van der Waals surface area contributed by atoms with Crippen molar-refractivity contribution in [3.8, 4) is 17.2 Å². The number of aliphatic hydroxyl groups excluding tert-OH is 3. The van der Waals surface area contributed by atoms with Gasteiger partial charge in [0.2, 0.25) is 11.8 Å². The molecule has 2 aromatic rings. The lowest BCUT2D eigenvalue weighted by Crippen LogP contribution is -2.55. The van der Waals surface area contributed by atoms with Crippen molar-refractivity contribution in [1.29, 1.82) is 0 Å². The summed E-state index contributed by atoms with van der Waals surface area (Å²) < 4.78 is 17.9. The number of ether oxygens (including phenoxy) is 3. The molecule has 0 saturated carbocycles. The first-order chi connectivity index (χ1) is 21.8. The summed E-state index contributed by atoms with van der Waals surface area (Å²) in [5, 5.41) is 33.5. The van der Waals surface area contributed by atoms with E-state index in [1.807, 2.05) is 24.3 Å². The Morgan fingerprint density at radius 3 is 2.51 bits per heavy atom. The first kappa shape index (κ1) is 36.6. The summed E-state index contributed by atoms with van der Waals surface area (Å²) in [6.07, 6.45) is 5.38. The molecule has 3 atom stereocenters. The van der Waals surface area contributed by atoms with E-state index >= 15 is 0 Å². The monoisotopic (exact) mass is 738 g/mol. The minimum Gasteiger partial charge on any atom is -0.497 e. The molecular formula is C34H47IN2O8. The molecule has 45 heavy (non-hydrogen) atoms. The highest BCUT2D eigenvalue weighted by molar-refractivity contribution is 14.1. The number of aliphatic hydroxyl groups is 3. The van der Waals surface area contributed by atoms with Crippen LogP contribution in [-0.4, -0.2) is 84.2 Å². The van der Waals surface area contributed by atoms with Crippen molar-refractivity contribution in [3.05, 3.63) is 62.7 Å². The van der Waals surface area contributed by atoms with Crippen LogP contribution in [0.25, 0.3) is 0 Å². The van der Waals surface area contributed by atoms with Gasteiger partial charge in [-0.25, -0.2) is 0 Å². The standard InChI is InChI=1S/C34H47IN2O8/c1-4-5-6-7-8-12-31(40)37(15-13-23-10-9-11-26(17-23)43-2)28-20-25(34(42)36-14-16-38)21-29(32(28)41)45-33-27(35)18-24(22-39)19-30(33)44-3/h9-11,17-19,21,28-29,32,38-39,41H,4-8,12-16,20,22H2,1-3H3,(H,36,42)/t28-,29+,32+/m1/s1. The second-order valence-electron chi connectivity index (χ2n) is 11.1. The van der Waals surface area contributed by atoms with E-state index in [0.717, 1.165) is 37.7 Å². The van der Waals surface area contributed by atoms with Gasteiger partial charge >= 0.3 is 0 Å². The summed E-state index contributed by atoms with van der Waals surface area (Å²) in [5.41, 5.74) is 1.97. The van der Waals surface area contributed by atoms with Gasteiger partial charge in [0, 0.05) is 31.5 Å². The Morgan fingerprint density at radius 2 is 1.82 bits per heavy atom. The van der Waals surface area contributed by atoms with Crippen molar-refractivity contribution in [2.75, 3.05) is 33.9 Å². The van der Waals surface area contributed by atoms with Crippen molar-refractivity contribution >= 4 is 34.4 Å². The number of hydrogen-bond acceptors (Lipinski definition) is 8. The highest BCUT2D eigenvalue weighted by atomic mass is 127. The zero-order valence-corrected chi connectivity index (χ0v) is 28.6. The maximum atomic E-state index is 13.9. The molecule has 1 aliphatic carbocycles. The summed E-state index contributed by atoms with van der Waals surface area (Å²) >= 11 is 2.08. The van der Waals surface area contributed by atoms with Gasteiger partial charge in [0.1, 0.15) is 18.0 Å². The zero-order valence-electron chi connectivity index (χ0n) is 26.5. The number of carbonyl (C=O) groups excluding carboxylic acids is 2. The van der Waals surface area contributed by atoms with E-state index < -0.39 is 24.2 Å². The van der Waals surface area contributed by atoms with Crippen molar-refractivity contribution < 1.29 is 39.1 Å². The van der Waals surface area contributed by atoms with Gasteiger partial charge in [0.15, 0.2) is 11.5 Å². The van der Waals surface area contributed by atoms with Crippen LogP contribution in [0.4, 0.5) is 0 Å². The molecule has 10 nitrogen and oxygen atoms in total. The van der Waals surface area contributed by atoms with E-state index in [1.54, 1.807) is 30.2 Å². The average molecular weight is 739 g/mol. The van der Waals surface area contributed by atoms with E-state index in [-0.39, 0.29) is 32.1 Å². The highest BCUT2D eigenvalue weighted by Crippen LogP contribution is 2.37. The van der Waals surface area contributed by atoms with E-state index in [4.69, 9.17) is 14.2 Å². The van der Waals surface area contributed by atoms with Crippen LogP contribution in [0.2, 0.25) is 0 Å². The fourth-order valence-corrected chi connectivity index (χ4v) is 6.26. The zero-order chi connectivity index (χ0) is 32.8.